The van der Waals surface area contributed by atoms with E-state index in [1.165, 1.54) is 24.3 Å². The van der Waals surface area contributed by atoms with Gasteiger partial charge in [-0.3, -0.25) is 24.0 Å². The Balaban J connectivity index is 1.92. The van der Waals surface area contributed by atoms with Crippen LogP contribution in [0.15, 0.2) is 54.6 Å². The molecule has 2 N–H and O–H groups in total. The molecule has 1 saturated carbocycles. The highest BCUT2D eigenvalue weighted by Crippen LogP contribution is 2.36. The van der Waals surface area contributed by atoms with E-state index in [0.29, 0.717) is 11.1 Å². The fraction of sp³-hybridized carbons (Fsp3) is 0.364. The highest BCUT2D eigenvalue weighted by atomic mass is 16.6. The second-order valence-corrected chi connectivity index (χ2v) is 10.7. The number of carbonyl (C=O) groups is 7. The van der Waals surface area contributed by atoms with Crippen LogP contribution in [0.4, 0.5) is 0 Å². The Bertz CT molecular complexity index is 1590. The van der Waals surface area contributed by atoms with Crippen LogP contribution in [0.3, 0.4) is 0 Å². The van der Waals surface area contributed by atoms with E-state index in [0.717, 1.165) is 40.9 Å². The largest absolute Gasteiger partial charge is 0.467 e. The molecule has 1 amide bonds. The third-order valence-corrected chi connectivity index (χ3v) is 6.85. The quantitative estimate of drug-likeness (QED) is 0.152. The van der Waals surface area contributed by atoms with Crippen molar-refractivity contribution in [3.05, 3.63) is 65.7 Å². The van der Waals surface area contributed by atoms with Gasteiger partial charge in [-0.25, -0.2) is 9.59 Å². The van der Waals surface area contributed by atoms with Crippen LogP contribution in [-0.2, 0) is 52.5 Å². The minimum atomic E-state index is -2.40. The Morgan fingerprint density at radius 3 is 1.94 bits per heavy atom. The number of aliphatic hydroxyl groups is 1. The van der Waals surface area contributed by atoms with Gasteiger partial charge in [-0.2, -0.15) is 0 Å². The molecule has 0 unspecified atom stereocenters. The van der Waals surface area contributed by atoms with Crippen molar-refractivity contribution in [2.75, 3.05) is 7.11 Å². The van der Waals surface area contributed by atoms with Gasteiger partial charge in [0.1, 0.15) is 12.2 Å². The van der Waals surface area contributed by atoms with Crippen molar-refractivity contribution >= 4 is 47.8 Å². The summed E-state index contributed by atoms with van der Waals surface area (Å²) < 4.78 is 31.1. The summed E-state index contributed by atoms with van der Waals surface area (Å²) in [5, 5.41) is 14.1. The molecule has 2 aromatic carbocycles. The smallest absolute Gasteiger partial charge is 0.333 e. The van der Waals surface area contributed by atoms with Gasteiger partial charge < -0.3 is 38.8 Å². The average molecular weight is 670 g/mol. The lowest BCUT2D eigenvalue weighted by molar-refractivity contribution is -0.208. The second-order valence-electron chi connectivity index (χ2n) is 10.7. The molecule has 15 nitrogen and oxygen atoms in total. The monoisotopic (exact) mass is 669 g/mol. The molecule has 3 rings (SSSR count). The summed E-state index contributed by atoms with van der Waals surface area (Å²) in [6, 6.07) is 10.8. The Kier molecular flexibility index (Phi) is 12.5. The number of benzene rings is 2. The van der Waals surface area contributed by atoms with E-state index < -0.39 is 84.5 Å². The Labute approximate surface area is 275 Å². The van der Waals surface area contributed by atoms with Gasteiger partial charge in [0.2, 0.25) is 0 Å². The summed E-state index contributed by atoms with van der Waals surface area (Å²) in [4.78, 5) is 86.2. The van der Waals surface area contributed by atoms with Crippen LogP contribution in [0.2, 0.25) is 0 Å². The molecule has 5 atom stereocenters. The fourth-order valence-electron chi connectivity index (χ4n) is 4.94. The lowest BCUT2D eigenvalue weighted by Gasteiger charge is -2.43. The molecule has 0 saturated heterocycles. The lowest BCUT2D eigenvalue weighted by atomic mass is 9.78. The van der Waals surface area contributed by atoms with Crippen LogP contribution in [0.5, 0.6) is 11.5 Å². The molecular weight excluding hydrogens is 634 g/mol. The second kappa shape index (κ2) is 16.3. The van der Waals surface area contributed by atoms with Crippen LogP contribution in [0, 0.1) is 0 Å². The standard InChI is InChI=1S/C33H35NO14/c1-18(35)44-24-13-11-22(15-25(24)45-19(2)36)12-14-28(39)48-27-17-33(42,16-26(46-20(3)37)30(27)47-21(4)38)32(41)34-29(31(40)43-5)23-9-7-6-8-10-23/h6-15,26-27,29-30,42H,16-17H2,1-5H3,(H,34,41)/b14-12+/t26-,27-,29+,30-,33+/m1/s1. The topological polar surface area (TPSA) is 207 Å². The summed E-state index contributed by atoms with van der Waals surface area (Å²) in [6.07, 6.45) is -3.41. The molecule has 1 fully saturated rings. The summed E-state index contributed by atoms with van der Waals surface area (Å²) in [5.41, 5.74) is -1.75. The van der Waals surface area contributed by atoms with Gasteiger partial charge in [0.05, 0.1) is 7.11 Å². The predicted molar refractivity (Wildman–Crippen MR) is 163 cm³/mol. The zero-order chi connectivity index (χ0) is 35.6. The third kappa shape index (κ3) is 10.2. The van der Waals surface area contributed by atoms with E-state index in [1.807, 2.05) is 0 Å². The molecule has 1 aliphatic carbocycles. The van der Waals surface area contributed by atoms with Crippen LogP contribution >= 0.6 is 0 Å². The van der Waals surface area contributed by atoms with Gasteiger partial charge in [0.15, 0.2) is 29.2 Å². The van der Waals surface area contributed by atoms with Crippen molar-refractivity contribution < 1.29 is 67.1 Å². The van der Waals surface area contributed by atoms with E-state index in [-0.39, 0.29) is 11.5 Å². The molecule has 48 heavy (non-hydrogen) atoms. The molecule has 15 heteroatoms. The van der Waals surface area contributed by atoms with Gasteiger partial charge in [0.25, 0.3) is 5.91 Å². The molecule has 256 valence electrons. The Morgan fingerprint density at radius 2 is 1.38 bits per heavy atom. The van der Waals surface area contributed by atoms with Crippen molar-refractivity contribution in [1.82, 2.24) is 5.32 Å². The average Bonchev–Trinajstić information content (AvgIpc) is 3.00. The van der Waals surface area contributed by atoms with Gasteiger partial charge in [-0.15, -0.1) is 0 Å². The molecule has 2 aromatic rings. The SMILES string of the molecule is COC(=O)[C@@H](NC(=O)[C@]1(O)C[C@@H](OC(C)=O)[C@@H](OC(C)=O)[C@H](OC(=O)/C=C/c2ccc(OC(C)=O)c(OC(C)=O)c2)C1)c1ccccc1. The van der Waals surface area contributed by atoms with Crippen molar-refractivity contribution in [3.8, 4) is 11.5 Å². The molecule has 0 spiro atoms. The first kappa shape index (κ1) is 36.9. The van der Waals surface area contributed by atoms with Crippen LogP contribution < -0.4 is 14.8 Å². The van der Waals surface area contributed by atoms with E-state index in [1.54, 1.807) is 30.3 Å². The van der Waals surface area contributed by atoms with E-state index in [9.17, 15) is 38.7 Å². The summed E-state index contributed by atoms with van der Waals surface area (Å²) in [6.45, 7) is 4.43. The van der Waals surface area contributed by atoms with Crippen LogP contribution in [0.25, 0.3) is 6.08 Å². The van der Waals surface area contributed by atoms with E-state index >= 15 is 0 Å². The minimum Gasteiger partial charge on any atom is -0.467 e. The van der Waals surface area contributed by atoms with E-state index in [4.69, 9.17) is 28.4 Å². The number of hydrogen-bond donors (Lipinski definition) is 2. The van der Waals surface area contributed by atoms with Crippen LogP contribution in [0.1, 0.15) is 57.7 Å². The van der Waals surface area contributed by atoms with Crippen LogP contribution in [-0.4, -0.2) is 77.9 Å². The first-order chi connectivity index (χ1) is 22.6. The molecular formula is C33H35NO14. The number of ether oxygens (including phenoxy) is 6. The normalized spacial score (nSPS) is 20.8. The zero-order valence-corrected chi connectivity index (χ0v) is 26.8. The number of rotatable bonds is 11. The molecule has 0 aromatic heterocycles. The fourth-order valence-corrected chi connectivity index (χ4v) is 4.94. The maximum Gasteiger partial charge on any atom is 0.333 e. The van der Waals surface area contributed by atoms with Gasteiger partial charge in [0, 0.05) is 46.6 Å². The summed E-state index contributed by atoms with van der Waals surface area (Å²) >= 11 is 0. The number of carbonyl (C=O) groups excluding carboxylic acids is 7. The van der Waals surface area contributed by atoms with Gasteiger partial charge >= 0.3 is 35.8 Å². The highest BCUT2D eigenvalue weighted by molar-refractivity contribution is 5.91. The van der Waals surface area contributed by atoms with Gasteiger partial charge in [-0.1, -0.05) is 36.4 Å². The number of esters is 6. The maximum absolute atomic E-state index is 13.6. The number of hydrogen-bond acceptors (Lipinski definition) is 14. The lowest BCUT2D eigenvalue weighted by Crippen LogP contribution is -2.62. The molecule has 0 radical (unpaired) electrons. The Hall–Kier alpha value is -5.57. The van der Waals surface area contributed by atoms with Crippen molar-refractivity contribution in [3.63, 3.8) is 0 Å². The predicted octanol–water partition coefficient (Wildman–Crippen LogP) is 1.88. The first-order valence-corrected chi connectivity index (χ1v) is 14.5. The van der Waals surface area contributed by atoms with E-state index in [2.05, 4.69) is 5.32 Å². The summed E-state index contributed by atoms with van der Waals surface area (Å²) in [5.74, 6) is -6.12. The number of amides is 1. The third-order valence-electron chi connectivity index (χ3n) is 6.85. The zero-order valence-electron chi connectivity index (χ0n) is 26.8. The van der Waals surface area contributed by atoms with Crippen molar-refractivity contribution in [1.29, 1.82) is 0 Å². The highest BCUT2D eigenvalue weighted by Gasteiger charge is 2.54. The van der Waals surface area contributed by atoms with Gasteiger partial charge in [-0.05, 0) is 29.3 Å². The number of methoxy groups -OCH3 is 1. The first-order valence-electron chi connectivity index (χ1n) is 14.5. The molecule has 0 aliphatic heterocycles. The summed E-state index contributed by atoms with van der Waals surface area (Å²) in [7, 11) is 1.12. The molecule has 0 bridgehead atoms. The number of nitrogens with one attached hydrogen (secondary N) is 1. The van der Waals surface area contributed by atoms with Crippen molar-refractivity contribution in [2.45, 2.75) is 70.5 Å². The minimum absolute atomic E-state index is 0.0420. The van der Waals surface area contributed by atoms with Crippen molar-refractivity contribution in [2.24, 2.45) is 0 Å². The molecule has 1 aliphatic rings. The molecule has 0 heterocycles. The maximum atomic E-state index is 13.6. The Morgan fingerprint density at radius 1 is 0.792 bits per heavy atom.